The molecule has 1 N–H and O–H groups in total. The smallest absolute Gasteiger partial charge is 0.324 e. The average Bonchev–Trinajstić information content (AvgIpc) is 2.48. The number of ether oxygens (including phenoxy) is 2. The zero-order valence-corrected chi connectivity index (χ0v) is 12.6. The van der Waals surface area contributed by atoms with Crippen LogP contribution in [0, 0.1) is 5.92 Å². The molecular formula is C14H24N4O2. The molecule has 0 aliphatic heterocycles. The predicted octanol–water partition coefficient (Wildman–Crippen LogP) is 2.66. The van der Waals surface area contributed by atoms with Gasteiger partial charge in [0.15, 0.2) is 0 Å². The van der Waals surface area contributed by atoms with E-state index in [4.69, 9.17) is 9.47 Å². The molecule has 1 fully saturated rings. The minimum absolute atomic E-state index is 0.204. The Hall–Kier alpha value is -1.59. The van der Waals surface area contributed by atoms with E-state index in [1.165, 1.54) is 19.3 Å². The van der Waals surface area contributed by atoms with Crippen LogP contribution in [-0.2, 0) is 0 Å². The first-order valence-corrected chi connectivity index (χ1v) is 7.50. The molecule has 0 amide bonds. The van der Waals surface area contributed by atoms with Crippen LogP contribution >= 0.6 is 0 Å². The summed E-state index contributed by atoms with van der Waals surface area (Å²) in [6.45, 7) is 4.63. The lowest BCUT2D eigenvalue weighted by molar-refractivity contribution is 0.0797. The van der Waals surface area contributed by atoms with Gasteiger partial charge in [-0.25, -0.2) is 0 Å². The lowest BCUT2D eigenvalue weighted by Gasteiger charge is -2.30. The van der Waals surface area contributed by atoms with Crippen molar-refractivity contribution in [3.63, 3.8) is 0 Å². The van der Waals surface area contributed by atoms with E-state index < -0.39 is 0 Å². The van der Waals surface area contributed by atoms with E-state index in [0.717, 1.165) is 12.8 Å². The van der Waals surface area contributed by atoms with E-state index in [-0.39, 0.29) is 6.10 Å². The van der Waals surface area contributed by atoms with Crippen molar-refractivity contribution in [2.75, 3.05) is 19.0 Å². The molecular weight excluding hydrogens is 256 g/mol. The third-order valence-electron chi connectivity index (χ3n) is 3.71. The minimum atomic E-state index is 0.204. The summed E-state index contributed by atoms with van der Waals surface area (Å²) in [5, 5.41) is 2.91. The van der Waals surface area contributed by atoms with Crippen LogP contribution in [0.1, 0.15) is 46.0 Å². The second-order valence-corrected chi connectivity index (χ2v) is 5.02. The summed E-state index contributed by atoms with van der Waals surface area (Å²) < 4.78 is 11.4. The van der Waals surface area contributed by atoms with Gasteiger partial charge in [-0.15, -0.1) is 4.98 Å². The minimum Gasteiger partial charge on any atom is -0.464 e. The van der Waals surface area contributed by atoms with Crippen molar-refractivity contribution < 1.29 is 9.47 Å². The standard InChI is InChI=1S/C14H24N4O2/c1-4-10-8-6-7-9-11(10)20-14-17-12(15-3)16-13(18-14)19-5-2/h10-11H,4-9H2,1-3H3,(H,15,16,17,18). The van der Waals surface area contributed by atoms with Crippen LogP contribution in [0.25, 0.3) is 0 Å². The Bertz CT molecular complexity index is 428. The molecule has 0 aromatic carbocycles. The van der Waals surface area contributed by atoms with Crippen LogP contribution in [0.15, 0.2) is 0 Å². The Balaban J connectivity index is 2.12. The molecule has 0 saturated heterocycles. The summed E-state index contributed by atoms with van der Waals surface area (Å²) in [4.78, 5) is 12.6. The molecule has 0 radical (unpaired) electrons. The second kappa shape index (κ2) is 7.26. The van der Waals surface area contributed by atoms with Gasteiger partial charge in [-0.05, 0) is 38.5 Å². The van der Waals surface area contributed by atoms with Crippen LogP contribution in [0.2, 0.25) is 0 Å². The van der Waals surface area contributed by atoms with Crippen LogP contribution in [0.4, 0.5) is 5.95 Å². The van der Waals surface area contributed by atoms with Crippen LogP contribution in [0.3, 0.4) is 0 Å². The molecule has 1 heterocycles. The lowest BCUT2D eigenvalue weighted by atomic mass is 9.85. The van der Waals surface area contributed by atoms with Crippen molar-refractivity contribution in [2.45, 2.75) is 52.1 Å². The molecule has 2 rings (SSSR count). The van der Waals surface area contributed by atoms with E-state index >= 15 is 0 Å². The number of hydrogen-bond acceptors (Lipinski definition) is 6. The van der Waals surface area contributed by atoms with Gasteiger partial charge in [0.05, 0.1) is 6.61 Å². The fraction of sp³-hybridized carbons (Fsp3) is 0.786. The topological polar surface area (TPSA) is 69.2 Å². The van der Waals surface area contributed by atoms with Crippen molar-refractivity contribution in [3.8, 4) is 12.0 Å². The molecule has 1 aromatic rings. The van der Waals surface area contributed by atoms with Gasteiger partial charge in [0.2, 0.25) is 5.95 Å². The van der Waals surface area contributed by atoms with Gasteiger partial charge in [0.25, 0.3) is 0 Å². The molecule has 2 atom stereocenters. The number of anilines is 1. The van der Waals surface area contributed by atoms with E-state index in [0.29, 0.717) is 30.5 Å². The molecule has 0 bridgehead atoms. The largest absolute Gasteiger partial charge is 0.464 e. The van der Waals surface area contributed by atoms with Gasteiger partial charge < -0.3 is 14.8 Å². The van der Waals surface area contributed by atoms with Gasteiger partial charge in [-0.1, -0.05) is 13.3 Å². The second-order valence-electron chi connectivity index (χ2n) is 5.02. The first kappa shape index (κ1) is 14.8. The number of nitrogens with one attached hydrogen (secondary N) is 1. The molecule has 1 aliphatic rings. The Labute approximate surface area is 120 Å². The molecule has 1 aliphatic carbocycles. The Kier molecular flexibility index (Phi) is 5.38. The van der Waals surface area contributed by atoms with Crippen molar-refractivity contribution in [3.05, 3.63) is 0 Å². The molecule has 1 saturated carbocycles. The molecule has 2 unspecified atom stereocenters. The lowest BCUT2D eigenvalue weighted by Crippen LogP contribution is -2.30. The summed E-state index contributed by atoms with van der Waals surface area (Å²) >= 11 is 0. The zero-order valence-electron chi connectivity index (χ0n) is 12.6. The summed E-state index contributed by atoms with van der Waals surface area (Å²) in [6.07, 6.45) is 6.14. The highest BCUT2D eigenvalue weighted by Gasteiger charge is 2.26. The van der Waals surface area contributed by atoms with E-state index in [2.05, 4.69) is 27.2 Å². The molecule has 1 aromatic heterocycles. The Morgan fingerprint density at radius 1 is 1.10 bits per heavy atom. The van der Waals surface area contributed by atoms with E-state index in [9.17, 15) is 0 Å². The molecule has 6 nitrogen and oxygen atoms in total. The Morgan fingerprint density at radius 2 is 1.85 bits per heavy atom. The first-order valence-electron chi connectivity index (χ1n) is 7.50. The van der Waals surface area contributed by atoms with E-state index in [1.807, 2.05) is 6.92 Å². The highest BCUT2D eigenvalue weighted by Crippen LogP contribution is 2.29. The first-order chi connectivity index (χ1) is 9.76. The Morgan fingerprint density at radius 3 is 2.55 bits per heavy atom. The number of nitrogens with zero attached hydrogens (tertiary/aromatic N) is 3. The van der Waals surface area contributed by atoms with Crippen LogP contribution < -0.4 is 14.8 Å². The summed E-state index contributed by atoms with van der Waals surface area (Å²) in [6, 6.07) is 0.670. The van der Waals surface area contributed by atoms with Crippen molar-refractivity contribution >= 4 is 5.95 Å². The fourth-order valence-corrected chi connectivity index (χ4v) is 2.63. The van der Waals surface area contributed by atoms with E-state index in [1.54, 1.807) is 7.05 Å². The normalized spacial score (nSPS) is 22.4. The third kappa shape index (κ3) is 3.71. The average molecular weight is 280 g/mol. The van der Waals surface area contributed by atoms with Gasteiger partial charge in [0, 0.05) is 7.05 Å². The predicted molar refractivity (Wildman–Crippen MR) is 77.2 cm³/mol. The zero-order chi connectivity index (χ0) is 14.4. The van der Waals surface area contributed by atoms with Crippen LogP contribution in [0.5, 0.6) is 12.0 Å². The maximum Gasteiger partial charge on any atom is 0.324 e. The quantitative estimate of drug-likeness (QED) is 0.864. The monoisotopic (exact) mass is 280 g/mol. The summed E-state index contributed by atoms with van der Waals surface area (Å²) in [7, 11) is 1.77. The third-order valence-corrected chi connectivity index (χ3v) is 3.71. The molecule has 6 heteroatoms. The van der Waals surface area contributed by atoms with Crippen LogP contribution in [-0.4, -0.2) is 34.7 Å². The highest BCUT2D eigenvalue weighted by atomic mass is 16.5. The molecule has 0 spiro atoms. The SMILES string of the molecule is CCOc1nc(NC)nc(OC2CCCCC2CC)n1. The van der Waals surface area contributed by atoms with Crippen molar-refractivity contribution in [1.29, 1.82) is 0 Å². The van der Waals surface area contributed by atoms with Crippen molar-refractivity contribution in [1.82, 2.24) is 15.0 Å². The van der Waals surface area contributed by atoms with Gasteiger partial charge >= 0.3 is 12.0 Å². The van der Waals surface area contributed by atoms with Crippen molar-refractivity contribution in [2.24, 2.45) is 5.92 Å². The fourth-order valence-electron chi connectivity index (χ4n) is 2.63. The number of hydrogen-bond donors (Lipinski definition) is 1. The molecule has 112 valence electrons. The van der Waals surface area contributed by atoms with Gasteiger partial charge in [-0.2, -0.15) is 9.97 Å². The summed E-state index contributed by atoms with van der Waals surface area (Å²) in [5.41, 5.74) is 0. The maximum absolute atomic E-state index is 6.01. The highest BCUT2D eigenvalue weighted by molar-refractivity contribution is 5.26. The number of aromatic nitrogens is 3. The number of rotatable bonds is 6. The molecule has 20 heavy (non-hydrogen) atoms. The summed E-state index contributed by atoms with van der Waals surface area (Å²) in [5.74, 6) is 1.07. The maximum atomic E-state index is 6.01. The van der Waals surface area contributed by atoms with Gasteiger partial charge in [0.1, 0.15) is 6.10 Å². The van der Waals surface area contributed by atoms with Gasteiger partial charge in [-0.3, -0.25) is 0 Å².